The predicted molar refractivity (Wildman–Crippen MR) is 159 cm³/mol. The van der Waals surface area contributed by atoms with Gasteiger partial charge in [-0.25, -0.2) is 4.79 Å². The van der Waals surface area contributed by atoms with Crippen LogP contribution in [0.1, 0.15) is 28.7 Å². The zero-order valence-electron chi connectivity index (χ0n) is 22.3. The van der Waals surface area contributed by atoms with Gasteiger partial charge in [-0.15, -0.1) is 11.8 Å². The summed E-state index contributed by atoms with van der Waals surface area (Å²) in [4.78, 5) is 25.2. The molecule has 0 spiro atoms. The number of non-ortho nitro benzene ring substituents is 1. The number of nitrogens with two attached hydrogens (primary N) is 1. The number of rotatable bonds is 9. The van der Waals surface area contributed by atoms with Crippen molar-refractivity contribution in [3.05, 3.63) is 148 Å². The number of thioether (sulfide) groups is 1. The van der Waals surface area contributed by atoms with Crippen molar-refractivity contribution in [1.29, 1.82) is 0 Å². The number of carbonyl (C=O) groups excluding carboxylic acids is 1. The first-order valence-corrected chi connectivity index (χ1v) is 14.2. The fourth-order valence-corrected chi connectivity index (χ4v) is 7.20. The van der Waals surface area contributed by atoms with E-state index in [0.717, 1.165) is 16.7 Å². The highest BCUT2D eigenvalue weighted by atomic mass is 32.2. The summed E-state index contributed by atoms with van der Waals surface area (Å²) < 4.78 is 4.98. The van der Waals surface area contributed by atoms with Gasteiger partial charge in [0.25, 0.3) is 5.69 Å². The molecule has 3 atom stereocenters. The number of benzene rings is 4. The van der Waals surface area contributed by atoms with Crippen LogP contribution in [0.25, 0.3) is 0 Å². The SMILES string of the molecule is NC(O)[C@@H]1C[C@H](SC(c2ccccc2)(c2ccccc2)c2ccccc2)CN1C(=O)OCc1ccc([N+](=O)[O-])cc1. The number of ether oxygens (including phenoxy) is 1. The minimum atomic E-state index is -1.24. The van der Waals surface area contributed by atoms with Crippen molar-refractivity contribution < 1.29 is 19.6 Å². The maximum Gasteiger partial charge on any atom is 0.410 e. The fourth-order valence-electron chi connectivity index (χ4n) is 5.36. The van der Waals surface area contributed by atoms with Crippen molar-refractivity contribution in [3.63, 3.8) is 0 Å². The number of nitro groups is 1. The van der Waals surface area contributed by atoms with E-state index in [2.05, 4.69) is 36.4 Å². The Morgan fingerprint density at radius 2 is 1.41 bits per heavy atom. The zero-order valence-corrected chi connectivity index (χ0v) is 23.1. The number of amides is 1. The summed E-state index contributed by atoms with van der Waals surface area (Å²) in [6, 6.07) is 36.1. The van der Waals surface area contributed by atoms with E-state index in [0.29, 0.717) is 18.5 Å². The molecule has 1 saturated heterocycles. The van der Waals surface area contributed by atoms with E-state index in [4.69, 9.17) is 10.5 Å². The molecule has 1 heterocycles. The number of likely N-dealkylation sites (tertiary alicyclic amines) is 1. The maximum atomic E-state index is 13.2. The highest BCUT2D eigenvalue weighted by molar-refractivity contribution is 8.01. The fraction of sp³-hybridized carbons (Fsp3) is 0.219. The van der Waals surface area contributed by atoms with E-state index in [1.54, 1.807) is 23.9 Å². The van der Waals surface area contributed by atoms with Gasteiger partial charge >= 0.3 is 6.09 Å². The number of nitro benzene ring substituents is 1. The molecular weight excluding hydrogens is 538 g/mol. The molecular formula is C32H31N3O5S. The van der Waals surface area contributed by atoms with Crippen LogP contribution in [0.5, 0.6) is 0 Å². The Bertz CT molecular complexity index is 1360. The topological polar surface area (TPSA) is 119 Å². The van der Waals surface area contributed by atoms with Crippen LogP contribution < -0.4 is 5.73 Å². The normalized spacial score (nSPS) is 17.7. The molecule has 0 bridgehead atoms. The third kappa shape index (κ3) is 6.12. The summed E-state index contributed by atoms with van der Waals surface area (Å²) in [6.07, 6.45) is -1.36. The first-order chi connectivity index (χ1) is 19.9. The molecule has 41 heavy (non-hydrogen) atoms. The molecule has 1 aliphatic rings. The summed E-state index contributed by atoms with van der Waals surface area (Å²) in [6.45, 7) is 0.275. The Hall–Kier alpha value is -4.18. The number of hydrogen-bond donors (Lipinski definition) is 2. The van der Waals surface area contributed by atoms with E-state index in [1.807, 2.05) is 54.6 Å². The molecule has 1 fully saturated rings. The van der Waals surface area contributed by atoms with Crippen LogP contribution in [0.3, 0.4) is 0 Å². The maximum absolute atomic E-state index is 13.2. The largest absolute Gasteiger partial charge is 0.445 e. The van der Waals surface area contributed by atoms with Crippen LogP contribution in [-0.4, -0.2) is 45.1 Å². The molecule has 1 amide bonds. The molecule has 5 rings (SSSR count). The number of nitrogens with zero attached hydrogens (tertiary/aromatic N) is 2. The Balaban J connectivity index is 1.43. The van der Waals surface area contributed by atoms with E-state index in [-0.39, 0.29) is 17.5 Å². The Kier molecular flexibility index (Phi) is 8.68. The van der Waals surface area contributed by atoms with Crippen LogP contribution >= 0.6 is 11.8 Å². The second kappa shape index (κ2) is 12.6. The quantitative estimate of drug-likeness (QED) is 0.115. The summed E-state index contributed by atoms with van der Waals surface area (Å²) in [5, 5.41) is 21.3. The Morgan fingerprint density at radius 1 is 0.927 bits per heavy atom. The van der Waals surface area contributed by atoms with E-state index >= 15 is 0 Å². The first-order valence-electron chi connectivity index (χ1n) is 13.3. The van der Waals surface area contributed by atoms with Crippen LogP contribution in [0.2, 0.25) is 0 Å². The van der Waals surface area contributed by atoms with Gasteiger partial charge in [-0.2, -0.15) is 0 Å². The van der Waals surface area contributed by atoms with Gasteiger partial charge in [0.2, 0.25) is 0 Å². The average molecular weight is 570 g/mol. The molecule has 4 aromatic carbocycles. The number of hydrogen-bond acceptors (Lipinski definition) is 7. The van der Waals surface area contributed by atoms with Crippen LogP contribution in [0, 0.1) is 10.1 Å². The van der Waals surface area contributed by atoms with Crippen LogP contribution in [0.4, 0.5) is 10.5 Å². The minimum absolute atomic E-state index is 0.0375. The molecule has 4 aromatic rings. The van der Waals surface area contributed by atoms with Crippen molar-refractivity contribution in [2.45, 2.75) is 35.3 Å². The second-order valence-electron chi connectivity index (χ2n) is 9.94. The van der Waals surface area contributed by atoms with E-state index in [9.17, 15) is 20.0 Å². The lowest BCUT2D eigenvalue weighted by Gasteiger charge is -2.37. The van der Waals surface area contributed by atoms with Crippen LogP contribution in [-0.2, 0) is 16.1 Å². The summed E-state index contributed by atoms with van der Waals surface area (Å²) in [7, 11) is 0. The highest BCUT2D eigenvalue weighted by Gasteiger charge is 2.45. The average Bonchev–Trinajstić information content (AvgIpc) is 3.44. The molecule has 0 aromatic heterocycles. The van der Waals surface area contributed by atoms with Crippen molar-refractivity contribution in [2.24, 2.45) is 5.73 Å². The third-order valence-corrected chi connectivity index (χ3v) is 9.06. The third-order valence-electron chi connectivity index (χ3n) is 7.33. The van der Waals surface area contributed by atoms with Gasteiger partial charge in [0.05, 0.1) is 15.7 Å². The van der Waals surface area contributed by atoms with Crippen molar-refractivity contribution in [2.75, 3.05) is 6.54 Å². The molecule has 0 radical (unpaired) electrons. The van der Waals surface area contributed by atoms with Gasteiger partial charge in [0, 0.05) is 23.9 Å². The predicted octanol–water partition coefficient (Wildman–Crippen LogP) is 5.68. The van der Waals surface area contributed by atoms with Gasteiger partial charge < -0.3 is 20.5 Å². The smallest absolute Gasteiger partial charge is 0.410 e. The van der Waals surface area contributed by atoms with Gasteiger partial charge in [-0.3, -0.25) is 10.1 Å². The first kappa shape index (κ1) is 28.4. The molecule has 9 heteroatoms. The summed E-state index contributed by atoms with van der Waals surface area (Å²) in [5.41, 5.74) is 9.86. The molecule has 1 aliphatic heterocycles. The Labute approximate surface area is 242 Å². The lowest BCUT2D eigenvalue weighted by atomic mass is 9.84. The number of carbonyl (C=O) groups is 1. The highest BCUT2D eigenvalue weighted by Crippen LogP contribution is 2.52. The van der Waals surface area contributed by atoms with Crippen molar-refractivity contribution in [3.8, 4) is 0 Å². The van der Waals surface area contributed by atoms with Gasteiger partial charge in [-0.05, 0) is 40.8 Å². The molecule has 0 saturated carbocycles. The standard InChI is InChI=1S/C32H31N3O5S/c33-30(36)29-20-28(21-34(29)31(37)40-22-23-16-18-27(19-17-23)35(38)39)41-32(24-10-4-1-5-11-24,25-12-6-2-7-13-25)26-14-8-3-9-15-26/h1-19,28-30,36H,20-22,33H2/t28-,29-,30?/m0/s1. The minimum Gasteiger partial charge on any atom is -0.445 e. The van der Waals surface area contributed by atoms with Crippen LogP contribution in [0.15, 0.2) is 115 Å². The summed E-state index contributed by atoms with van der Waals surface area (Å²) >= 11 is 1.74. The van der Waals surface area contributed by atoms with E-state index in [1.165, 1.54) is 17.0 Å². The molecule has 210 valence electrons. The molecule has 8 nitrogen and oxygen atoms in total. The molecule has 3 N–H and O–H groups in total. The zero-order chi connectivity index (χ0) is 28.8. The lowest BCUT2D eigenvalue weighted by molar-refractivity contribution is -0.384. The monoisotopic (exact) mass is 569 g/mol. The molecule has 1 unspecified atom stereocenters. The summed E-state index contributed by atoms with van der Waals surface area (Å²) in [5.74, 6) is 0. The van der Waals surface area contributed by atoms with Gasteiger partial charge in [-0.1, -0.05) is 91.0 Å². The van der Waals surface area contributed by atoms with Crippen molar-refractivity contribution >= 4 is 23.5 Å². The number of aliphatic hydroxyl groups is 1. The van der Waals surface area contributed by atoms with Gasteiger partial charge in [0.1, 0.15) is 12.8 Å². The second-order valence-corrected chi connectivity index (χ2v) is 11.5. The molecule has 0 aliphatic carbocycles. The van der Waals surface area contributed by atoms with E-state index < -0.39 is 28.0 Å². The van der Waals surface area contributed by atoms with Crippen molar-refractivity contribution in [1.82, 2.24) is 4.90 Å². The number of aliphatic hydroxyl groups excluding tert-OH is 1. The lowest BCUT2D eigenvalue weighted by Crippen LogP contribution is -2.46. The van der Waals surface area contributed by atoms with Gasteiger partial charge in [0.15, 0.2) is 0 Å². The Morgan fingerprint density at radius 3 is 1.85 bits per heavy atom.